The Morgan fingerprint density at radius 3 is 2.74 bits per heavy atom. The fourth-order valence-corrected chi connectivity index (χ4v) is 1.79. The second-order valence-corrected chi connectivity index (χ2v) is 4.73. The van der Waals surface area contributed by atoms with Gasteiger partial charge in [-0.3, -0.25) is 4.79 Å². The molecule has 1 aromatic rings. The Bertz CT molecular complexity index is 377. The molecule has 0 saturated heterocycles. The van der Waals surface area contributed by atoms with Gasteiger partial charge in [0.1, 0.15) is 5.75 Å². The van der Waals surface area contributed by atoms with Crippen molar-refractivity contribution in [3.63, 3.8) is 0 Å². The van der Waals surface area contributed by atoms with Gasteiger partial charge in [-0.05, 0) is 47.4 Å². The molecule has 0 fully saturated rings. The first-order valence-corrected chi connectivity index (χ1v) is 6.87. The van der Waals surface area contributed by atoms with Crippen molar-refractivity contribution >= 4 is 34.2 Å². The Hall–Kier alpha value is -0.780. The van der Waals surface area contributed by atoms with Crippen molar-refractivity contribution in [2.75, 3.05) is 19.7 Å². The van der Waals surface area contributed by atoms with Gasteiger partial charge in [0.2, 0.25) is 5.91 Å². The number of hydrogen-bond acceptors (Lipinski definition) is 3. The maximum atomic E-state index is 11.4. The Morgan fingerprint density at radius 1 is 1.32 bits per heavy atom. The Balaban J connectivity index is 0.00000324. The van der Waals surface area contributed by atoms with Crippen LogP contribution in [0.15, 0.2) is 28.7 Å². The van der Waals surface area contributed by atoms with Crippen LogP contribution >= 0.6 is 28.3 Å². The van der Waals surface area contributed by atoms with Crippen molar-refractivity contribution < 1.29 is 9.53 Å². The maximum Gasteiger partial charge on any atom is 0.220 e. The minimum atomic E-state index is 0. The summed E-state index contributed by atoms with van der Waals surface area (Å²) in [5, 5.41) is 2.81. The van der Waals surface area contributed by atoms with E-state index in [4.69, 9.17) is 10.5 Å². The number of hydrogen-bond donors (Lipinski definition) is 2. The number of para-hydroxylation sites is 1. The molecule has 1 aromatic carbocycles. The summed E-state index contributed by atoms with van der Waals surface area (Å²) in [5.41, 5.74) is 5.34. The van der Waals surface area contributed by atoms with Crippen molar-refractivity contribution in [2.45, 2.75) is 19.3 Å². The molecule has 0 bridgehead atoms. The van der Waals surface area contributed by atoms with Gasteiger partial charge in [-0.1, -0.05) is 12.1 Å². The fourth-order valence-electron chi connectivity index (χ4n) is 1.39. The molecule has 0 atom stereocenters. The number of nitrogens with two attached hydrogens (primary N) is 1. The third kappa shape index (κ3) is 8.08. The lowest BCUT2D eigenvalue weighted by atomic mass is 10.3. The number of carbonyl (C=O) groups excluding carboxylic acids is 1. The van der Waals surface area contributed by atoms with E-state index in [1.807, 2.05) is 24.3 Å². The number of amides is 1. The normalized spacial score (nSPS) is 9.58. The highest BCUT2D eigenvalue weighted by Gasteiger charge is 2.02. The predicted octanol–water partition coefficient (Wildman–Crippen LogP) is 2.49. The summed E-state index contributed by atoms with van der Waals surface area (Å²) in [6, 6.07) is 7.67. The van der Waals surface area contributed by atoms with Gasteiger partial charge in [0.25, 0.3) is 0 Å². The zero-order valence-electron chi connectivity index (χ0n) is 10.7. The predicted molar refractivity (Wildman–Crippen MR) is 82.8 cm³/mol. The van der Waals surface area contributed by atoms with Gasteiger partial charge in [-0.25, -0.2) is 0 Å². The molecule has 0 radical (unpaired) electrons. The zero-order valence-corrected chi connectivity index (χ0v) is 13.1. The largest absolute Gasteiger partial charge is 0.492 e. The molecule has 0 aromatic heterocycles. The summed E-state index contributed by atoms with van der Waals surface area (Å²) in [5.74, 6) is 0.861. The number of carbonyl (C=O) groups is 1. The fraction of sp³-hybridized carbons (Fsp3) is 0.462. The van der Waals surface area contributed by atoms with E-state index in [1.165, 1.54) is 0 Å². The van der Waals surface area contributed by atoms with Crippen molar-refractivity contribution in [3.05, 3.63) is 28.7 Å². The van der Waals surface area contributed by atoms with Gasteiger partial charge in [0, 0.05) is 13.0 Å². The topological polar surface area (TPSA) is 64.3 Å². The average molecular weight is 352 g/mol. The molecule has 0 saturated carbocycles. The standard InChI is InChI=1S/C13H19BrN2O2.ClH/c14-11-5-1-2-6-12(11)18-10-3-7-13(17)16-9-4-8-15;/h1-2,5-6H,3-4,7-10,15H2,(H,16,17);1H. The summed E-state index contributed by atoms with van der Waals surface area (Å²) in [4.78, 5) is 11.4. The second-order valence-electron chi connectivity index (χ2n) is 3.87. The van der Waals surface area contributed by atoms with Crippen LogP contribution in [-0.4, -0.2) is 25.6 Å². The van der Waals surface area contributed by atoms with Crippen LogP contribution < -0.4 is 15.8 Å². The Kier molecular flexibility index (Phi) is 10.6. The van der Waals surface area contributed by atoms with E-state index in [2.05, 4.69) is 21.2 Å². The van der Waals surface area contributed by atoms with Crippen LogP contribution in [0.3, 0.4) is 0 Å². The van der Waals surface area contributed by atoms with Crippen molar-refractivity contribution in [1.29, 1.82) is 0 Å². The highest BCUT2D eigenvalue weighted by atomic mass is 79.9. The Morgan fingerprint density at radius 2 is 2.05 bits per heavy atom. The van der Waals surface area contributed by atoms with Crippen molar-refractivity contribution in [1.82, 2.24) is 5.32 Å². The first-order chi connectivity index (χ1) is 8.74. The van der Waals surface area contributed by atoms with Gasteiger partial charge < -0.3 is 15.8 Å². The number of halogens is 2. The van der Waals surface area contributed by atoms with Crippen LogP contribution in [-0.2, 0) is 4.79 Å². The summed E-state index contributed by atoms with van der Waals surface area (Å²) < 4.78 is 6.49. The van der Waals surface area contributed by atoms with Gasteiger partial charge in [-0.2, -0.15) is 0 Å². The SMILES string of the molecule is Cl.NCCCNC(=O)CCCOc1ccccc1Br. The monoisotopic (exact) mass is 350 g/mol. The molecule has 0 unspecified atom stereocenters. The van der Waals surface area contributed by atoms with E-state index < -0.39 is 0 Å². The van der Waals surface area contributed by atoms with E-state index >= 15 is 0 Å². The highest BCUT2D eigenvalue weighted by Crippen LogP contribution is 2.23. The maximum absolute atomic E-state index is 11.4. The van der Waals surface area contributed by atoms with Gasteiger partial charge in [0.05, 0.1) is 11.1 Å². The molecule has 108 valence electrons. The average Bonchev–Trinajstić information content (AvgIpc) is 2.37. The second kappa shape index (κ2) is 11.1. The number of nitrogens with one attached hydrogen (secondary N) is 1. The third-order valence-corrected chi connectivity index (χ3v) is 3.00. The van der Waals surface area contributed by atoms with Crippen LogP contribution in [0.25, 0.3) is 0 Å². The molecule has 6 heteroatoms. The molecule has 3 N–H and O–H groups in total. The number of rotatable bonds is 8. The third-order valence-electron chi connectivity index (χ3n) is 2.35. The van der Waals surface area contributed by atoms with Crippen LogP contribution in [0.1, 0.15) is 19.3 Å². The van der Waals surface area contributed by atoms with Crippen molar-refractivity contribution in [2.24, 2.45) is 5.73 Å². The summed E-state index contributed by atoms with van der Waals surface area (Å²) in [6.07, 6.45) is 2.00. The molecular weight excluding hydrogens is 332 g/mol. The van der Waals surface area contributed by atoms with Crippen molar-refractivity contribution in [3.8, 4) is 5.75 Å². The quantitative estimate of drug-likeness (QED) is 0.707. The Labute approximate surface area is 128 Å². The first-order valence-electron chi connectivity index (χ1n) is 6.08. The molecule has 19 heavy (non-hydrogen) atoms. The minimum Gasteiger partial charge on any atom is -0.492 e. The highest BCUT2D eigenvalue weighted by molar-refractivity contribution is 9.10. The van der Waals surface area contributed by atoms with Crippen LogP contribution in [0, 0.1) is 0 Å². The van der Waals surface area contributed by atoms with E-state index in [9.17, 15) is 4.79 Å². The van der Waals surface area contributed by atoms with Crippen LogP contribution in [0.4, 0.5) is 0 Å². The first kappa shape index (κ1) is 18.2. The van der Waals surface area contributed by atoms with Crippen LogP contribution in [0.5, 0.6) is 5.75 Å². The molecule has 0 spiro atoms. The molecule has 4 nitrogen and oxygen atoms in total. The van der Waals surface area contributed by atoms with E-state index in [0.29, 0.717) is 32.5 Å². The minimum absolute atomic E-state index is 0. The number of ether oxygens (including phenoxy) is 1. The molecule has 1 rings (SSSR count). The molecular formula is C13H20BrClN2O2. The number of benzene rings is 1. The zero-order chi connectivity index (χ0) is 13.2. The summed E-state index contributed by atoms with van der Waals surface area (Å²) in [7, 11) is 0. The lowest BCUT2D eigenvalue weighted by molar-refractivity contribution is -0.121. The lowest BCUT2D eigenvalue weighted by Crippen LogP contribution is -2.26. The van der Waals surface area contributed by atoms with Gasteiger partial charge >= 0.3 is 0 Å². The smallest absolute Gasteiger partial charge is 0.220 e. The van der Waals surface area contributed by atoms with Crippen LogP contribution in [0.2, 0.25) is 0 Å². The summed E-state index contributed by atoms with van der Waals surface area (Å²) >= 11 is 3.40. The van der Waals surface area contributed by atoms with Gasteiger partial charge in [-0.15, -0.1) is 12.4 Å². The molecule has 0 aliphatic rings. The van der Waals surface area contributed by atoms with Gasteiger partial charge in [0.15, 0.2) is 0 Å². The molecule has 1 amide bonds. The van der Waals surface area contributed by atoms with E-state index in [0.717, 1.165) is 16.6 Å². The van der Waals surface area contributed by atoms with E-state index in [-0.39, 0.29) is 18.3 Å². The molecule has 0 aliphatic heterocycles. The van der Waals surface area contributed by atoms with E-state index in [1.54, 1.807) is 0 Å². The molecule has 0 heterocycles. The molecule has 0 aliphatic carbocycles. The summed E-state index contributed by atoms with van der Waals surface area (Å²) in [6.45, 7) is 1.79. The lowest BCUT2D eigenvalue weighted by Gasteiger charge is -2.08.